The molecule has 21 heavy (non-hydrogen) atoms. The van der Waals surface area contributed by atoms with Crippen LogP contribution >= 0.6 is 0 Å². The molecule has 2 atom stereocenters. The molecule has 0 bridgehead atoms. The molecule has 1 fully saturated rings. The van der Waals surface area contributed by atoms with Crippen LogP contribution in [0.5, 0.6) is 0 Å². The second-order valence-corrected chi connectivity index (χ2v) is 5.19. The van der Waals surface area contributed by atoms with Gasteiger partial charge in [0.15, 0.2) is 0 Å². The molecule has 7 nitrogen and oxygen atoms in total. The first-order chi connectivity index (χ1) is 9.99. The minimum Gasteiger partial charge on any atom is -0.469 e. The maximum absolute atomic E-state index is 12.1. The Morgan fingerprint density at radius 1 is 1.33 bits per heavy atom. The summed E-state index contributed by atoms with van der Waals surface area (Å²) in [4.78, 5) is 37.0. The van der Waals surface area contributed by atoms with Crippen molar-refractivity contribution in [1.82, 2.24) is 15.5 Å². The zero-order valence-electron chi connectivity index (χ0n) is 13.0. The minimum atomic E-state index is -0.490. The highest BCUT2D eigenvalue weighted by Crippen LogP contribution is 2.22. The van der Waals surface area contributed by atoms with Crippen molar-refractivity contribution in [2.24, 2.45) is 0 Å². The molecule has 0 aromatic carbocycles. The molecule has 3 amide bonds. The number of likely N-dealkylation sites (tertiary alicyclic amines) is 1. The summed E-state index contributed by atoms with van der Waals surface area (Å²) in [5.41, 5.74) is 0. The molecule has 0 radical (unpaired) electrons. The Balaban J connectivity index is 2.63. The van der Waals surface area contributed by atoms with Gasteiger partial charge in [-0.25, -0.2) is 4.79 Å². The predicted octanol–water partition coefficient (Wildman–Crippen LogP) is 0.638. The maximum atomic E-state index is 12.1. The molecule has 1 aliphatic rings. The summed E-state index contributed by atoms with van der Waals surface area (Å²) in [6.45, 7) is 4.74. The number of esters is 1. The van der Waals surface area contributed by atoms with Crippen LogP contribution in [0.15, 0.2) is 0 Å². The molecule has 1 saturated heterocycles. The van der Waals surface area contributed by atoms with Crippen molar-refractivity contribution in [2.45, 2.75) is 51.6 Å². The average Bonchev–Trinajstić information content (AvgIpc) is 2.47. The van der Waals surface area contributed by atoms with Gasteiger partial charge in [0.2, 0.25) is 5.91 Å². The molecule has 0 spiro atoms. The van der Waals surface area contributed by atoms with Crippen LogP contribution in [0.3, 0.4) is 0 Å². The Bertz CT molecular complexity index is 386. The number of carbonyl (C=O) groups is 3. The molecule has 1 heterocycles. The number of hydrogen-bond acceptors (Lipinski definition) is 5. The number of piperidine rings is 1. The molecule has 120 valence electrons. The number of hydrogen-bond donors (Lipinski definition) is 2. The third-order valence-corrected chi connectivity index (χ3v) is 3.75. The van der Waals surface area contributed by atoms with Gasteiger partial charge in [0, 0.05) is 12.6 Å². The quantitative estimate of drug-likeness (QED) is 0.727. The highest BCUT2D eigenvalue weighted by atomic mass is 16.5. The normalized spacial score (nSPS) is 20.4. The second kappa shape index (κ2) is 8.61. The molecular formula is C14H25N3O4. The van der Waals surface area contributed by atoms with Gasteiger partial charge in [-0.05, 0) is 33.2 Å². The molecule has 1 rings (SSSR count). The van der Waals surface area contributed by atoms with Gasteiger partial charge in [-0.1, -0.05) is 6.42 Å². The van der Waals surface area contributed by atoms with E-state index < -0.39 is 12.1 Å². The van der Waals surface area contributed by atoms with Gasteiger partial charge in [0.25, 0.3) is 0 Å². The van der Waals surface area contributed by atoms with E-state index in [-0.39, 0.29) is 24.3 Å². The van der Waals surface area contributed by atoms with Crippen LogP contribution in [0, 0.1) is 0 Å². The first kappa shape index (κ1) is 17.4. The number of nitrogens with zero attached hydrogens (tertiary/aromatic N) is 1. The standard InChI is InChI=1S/C14H25N3O4/c1-4-15-14(20)16-13(19)10(2)17-8-6-5-7-11(17)9-12(18)21-3/h10-11H,4-9H2,1-3H3,(H2,15,16,19,20). The van der Waals surface area contributed by atoms with Gasteiger partial charge < -0.3 is 10.1 Å². The first-order valence-corrected chi connectivity index (χ1v) is 7.40. The van der Waals surface area contributed by atoms with Crippen LogP contribution in [0.2, 0.25) is 0 Å². The highest BCUT2D eigenvalue weighted by Gasteiger charge is 2.32. The Kier molecular flexibility index (Phi) is 7.14. The number of amides is 3. The smallest absolute Gasteiger partial charge is 0.321 e. The van der Waals surface area contributed by atoms with E-state index in [2.05, 4.69) is 10.6 Å². The van der Waals surface area contributed by atoms with Gasteiger partial charge in [-0.15, -0.1) is 0 Å². The van der Waals surface area contributed by atoms with Crippen LogP contribution < -0.4 is 10.6 Å². The van der Waals surface area contributed by atoms with Crippen LogP contribution in [0.25, 0.3) is 0 Å². The van der Waals surface area contributed by atoms with E-state index in [0.29, 0.717) is 6.54 Å². The van der Waals surface area contributed by atoms with E-state index in [1.165, 1.54) is 7.11 Å². The third kappa shape index (κ3) is 5.34. The number of imide groups is 1. The van der Waals surface area contributed by atoms with E-state index in [0.717, 1.165) is 25.8 Å². The number of ether oxygens (including phenoxy) is 1. The second-order valence-electron chi connectivity index (χ2n) is 5.19. The fourth-order valence-corrected chi connectivity index (χ4v) is 2.60. The van der Waals surface area contributed by atoms with Crippen molar-refractivity contribution < 1.29 is 19.1 Å². The molecule has 1 aliphatic heterocycles. The lowest BCUT2D eigenvalue weighted by atomic mass is 9.97. The van der Waals surface area contributed by atoms with Gasteiger partial charge in [0.05, 0.1) is 19.6 Å². The number of methoxy groups -OCH3 is 1. The van der Waals surface area contributed by atoms with Crippen molar-refractivity contribution in [1.29, 1.82) is 0 Å². The summed E-state index contributed by atoms with van der Waals surface area (Å²) in [6.07, 6.45) is 3.14. The van der Waals surface area contributed by atoms with Gasteiger partial charge in [0.1, 0.15) is 0 Å². The molecule has 0 aromatic rings. The van der Waals surface area contributed by atoms with Crippen LogP contribution in [0.4, 0.5) is 4.79 Å². The summed E-state index contributed by atoms with van der Waals surface area (Å²) in [5, 5.41) is 4.84. The van der Waals surface area contributed by atoms with E-state index in [1.54, 1.807) is 13.8 Å². The molecule has 0 aliphatic carbocycles. The number of carbonyl (C=O) groups excluding carboxylic acids is 3. The van der Waals surface area contributed by atoms with Crippen molar-refractivity contribution in [3.8, 4) is 0 Å². The molecule has 2 N–H and O–H groups in total. The zero-order chi connectivity index (χ0) is 15.8. The molecular weight excluding hydrogens is 274 g/mol. The Labute approximate surface area is 125 Å². The molecule has 2 unspecified atom stereocenters. The first-order valence-electron chi connectivity index (χ1n) is 7.40. The lowest BCUT2D eigenvalue weighted by Crippen LogP contribution is -2.54. The Morgan fingerprint density at radius 2 is 2.05 bits per heavy atom. The Morgan fingerprint density at radius 3 is 2.67 bits per heavy atom. The van der Waals surface area contributed by atoms with E-state index in [9.17, 15) is 14.4 Å². The van der Waals surface area contributed by atoms with Crippen molar-refractivity contribution in [3.05, 3.63) is 0 Å². The van der Waals surface area contributed by atoms with Crippen molar-refractivity contribution >= 4 is 17.9 Å². The molecule has 0 saturated carbocycles. The monoisotopic (exact) mass is 299 g/mol. The minimum absolute atomic E-state index is 0.0128. The topological polar surface area (TPSA) is 87.7 Å². The molecule has 0 aromatic heterocycles. The largest absolute Gasteiger partial charge is 0.469 e. The lowest BCUT2D eigenvalue weighted by Gasteiger charge is -2.38. The van der Waals surface area contributed by atoms with E-state index in [4.69, 9.17) is 4.74 Å². The third-order valence-electron chi connectivity index (χ3n) is 3.75. The van der Waals surface area contributed by atoms with E-state index >= 15 is 0 Å². The fourth-order valence-electron chi connectivity index (χ4n) is 2.60. The summed E-state index contributed by atoms with van der Waals surface area (Å²) in [5.74, 6) is -0.624. The van der Waals surface area contributed by atoms with Crippen LogP contribution in [-0.4, -0.2) is 55.1 Å². The SMILES string of the molecule is CCNC(=O)NC(=O)C(C)N1CCCCC1CC(=O)OC. The van der Waals surface area contributed by atoms with E-state index in [1.807, 2.05) is 4.90 Å². The fraction of sp³-hybridized carbons (Fsp3) is 0.786. The van der Waals surface area contributed by atoms with Gasteiger partial charge in [-0.3, -0.25) is 19.8 Å². The van der Waals surface area contributed by atoms with Crippen molar-refractivity contribution in [3.63, 3.8) is 0 Å². The van der Waals surface area contributed by atoms with Gasteiger partial charge >= 0.3 is 12.0 Å². The zero-order valence-corrected chi connectivity index (χ0v) is 13.0. The number of rotatable bonds is 5. The van der Waals surface area contributed by atoms with Crippen LogP contribution in [0.1, 0.15) is 39.5 Å². The predicted molar refractivity (Wildman–Crippen MR) is 77.7 cm³/mol. The maximum Gasteiger partial charge on any atom is 0.321 e. The summed E-state index contributed by atoms with van der Waals surface area (Å²) >= 11 is 0. The number of urea groups is 1. The summed E-state index contributed by atoms with van der Waals surface area (Å²) < 4.78 is 4.71. The summed E-state index contributed by atoms with van der Waals surface area (Å²) in [7, 11) is 1.36. The Hall–Kier alpha value is -1.63. The van der Waals surface area contributed by atoms with Crippen LogP contribution in [-0.2, 0) is 14.3 Å². The highest BCUT2D eigenvalue weighted by molar-refractivity contribution is 5.96. The average molecular weight is 299 g/mol. The van der Waals surface area contributed by atoms with Gasteiger partial charge in [-0.2, -0.15) is 0 Å². The summed E-state index contributed by atoms with van der Waals surface area (Å²) in [6, 6.07) is -0.959. The lowest BCUT2D eigenvalue weighted by molar-refractivity contribution is -0.143. The number of nitrogens with one attached hydrogen (secondary N) is 2. The van der Waals surface area contributed by atoms with Crippen molar-refractivity contribution in [2.75, 3.05) is 20.2 Å². The molecule has 7 heteroatoms.